The van der Waals surface area contributed by atoms with Crippen molar-refractivity contribution < 1.29 is 18.3 Å². The second kappa shape index (κ2) is 4.94. The fraction of sp³-hybridized carbons (Fsp3) is 0.250. The molecule has 3 rings (SSSR count). The van der Waals surface area contributed by atoms with E-state index in [1.165, 1.54) is 5.56 Å². The number of fused-ring (bicyclic) bond motifs is 1. The molecule has 0 aromatic heterocycles. The Kier molecular flexibility index (Phi) is 3.26. The second-order valence-electron chi connectivity index (χ2n) is 5.15. The summed E-state index contributed by atoms with van der Waals surface area (Å²) in [5.41, 5.74) is 2.47. The molecule has 0 saturated heterocycles. The summed E-state index contributed by atoms with van der Waals surface area (Å²) in [5, 5.41) is 10.1. The Morgan fingerprint density at radius 3 is 2.40 bits per heavy atom. The SMILES string of the molecule is OC(CC1Cc2ccccc21)c1cc(F)c(F)c(F)c1. The van der Waals surface area contributed by atoms with E-state index in [2.05, 4.69) is 0 Å². The molecule has 0 amide bonds. The standard InChI is InChI=1S/C16H13F3O/c17-13-6-11(7-14(18)16(13)19)15(20)8-10-5-9-3-1-2-4-12(9)10/h1-4,6-7,10,15,20H,5,8H2. The van der Waals surface area contributed by atoms with Crippen LogP contribution in [0.15, 0.2) is 36.4 Å². The van der Waals surface area contributed by atoms with Gasteiger partial charge in [-0.05, 0) is 47.6 Å². The molecule has 0 fully saturated rings. The molecule has 0 saturated carbocycles. The van der Waals surface area contributed by atoms with E-state index in [0.717, 1.165) is 24.1 Å². The topological polar surface area (TPSA) is 20.2 Å². The zero-order valence-electron chi connectivity index (χ0n) is 10.6. The molecule has 20 heavy (non-hydrogen) atoms. The van der Waals surface area contributed by atoms with Gasteiger partial charge in [-0.15, -0.1) is 0 Å². The number of aliphatic hydroxyl groups is 1. The van der Waals surface area contributed by atoms with Crippen molar-refractivity contribution in [3.05, 3.63) is 70.5 Å². The number of aliphatic hydroxyl groups excluding tert-OH is 1. The van der Waals surface area contributed by atoms with Gasteiger partial charge in [-0.1, -0.05) is 24.3 Å². The normalized spacial score (nSPS) is 18.3. The van der Waals surface area contributed by atoms with Gasteiger partial charge in [0.15, 0.2) is 17.5 Å². The average molecular weight is 278 g/mol. The van der Waals surface area contributed by atoms with Gasteiger partial charge in [-0.3, -0.25) is 0 Å². The minimum Gasteiger partial charge on any atom is -0.388 e. The molecule has 0 heterocycles. The fourth-order valence-electron chi connectivity index (χ4n) is 2.75. The Morgan fingerprint density at radius 2 is 1.75 bits per heavy atom. The van der Waals surface area contributed by atoms with E-state index in [1.807, 2.05) is 24.3 Å². The van der Waals surface area contributed by atoms with E-state index in [4.69, 9.17) is 0 Å². The first-order valence-electron chi connectivity index (χ1n) is 6.46. The van der Waals surface area contributed by atoms with Gasteiger partial charge in [-0.2, -0.15) is 0 Å². The van der Waals surface area contributed by atoms with Crippen LogP contribution in [-0.4, -0.2) is 5.11 Å². The van der Waals surface area contributed by atoms with Gasteiger partial charge in [0, 0.05) is 0 Å². The third kappa shape index (κ3) is 2.20. The average Bonchev–Trinajstić information content (AvgIpc) is 2.41. The monoisotopic (exact) mass is 278 g/mol. The molecule has 2 aromatic rings. The molecule has 0 spiro atoms. The molecule has 1 aliphatic carbocycles. The van der Waals surface area contributed by atoms with E-state index in [1.54, 1.807) is 0 Å². The lowest BCUT2D eigenvalue weighted by atomic mass is 9.74. The molecule has 2 atom stereocenters. The van der Waals surface area contributed by atoms with Crippen molar-refractivity contribution in [2.45, 2.75) is 24.9 Å². The third-order valence-corrected chi connectivity index (χ3v) is 3.86. The Balaban J connectivity index is 1.77. The predicted octanol–water partition coefficient (Wildman–Crippen LogP) is 3.87. The molecule has 1 nitrogen and oxygen atoms in total. The molecule has 1 N–H and O–H groups in total. The molecular formula is C16H13F3O. The molecular weight excluding hydrogens is 265 g/mol. The number of halogens is 3. The summed E-state index contributed by atoms with van der Waals surface area (Å²) in [4.78, 5) is 0. The Bertz CT molecular complexity index is 631. The van der Waals surface area contributed by atoms with Crippen LogP contribution in [0.25, 0.3) is 0 Å². The summed E-state index contributed by atoms with van der Waals surface area (Å²) in [6, 6.07) is 9.60. The minimum atomic E-state index is -1.50. The number of rotatable bonds is 3. The van der Waals surface area contributed by atoms with Gasteiger partial charge in [-0.25, -0.2) is 13.2 Å². The maximum absolute atomic E-state index is 13.1. The third-order valence-electron chi connectivity index (χ3n) is 3.86. The van der Waals surface area contributed by atoms with Crippen LogP contribution in [-0.2, 0) is 6.42 Å². The van der Waals surface area contributed by atoms with Gasteiger partial charge < -0.3 is 5.11 Å². The van der Waals surface area contributed by atoms with Crippen molar-refractivity contribution in [3.8, 4) is 0 Å². The van der Waals surface area contributed by atoms with E-state index >= 15 is 0 Å². The van der Waals surface area contributed by atoms with E-state index in [0.29, 0.717) is 6.42 Å². The van der Waals surface area contributed by atoms with Crippen molar-refractivity contribution >= 4 is 0 Å². The van der Waals surface area contributed by atoms with E-state index < -0.39 is 23.6 Å². The minimum absolute atomic E-state index is 0.0748. The number of benzene rings is 2. The summed E-state index contributed by atoms with van der Waals surface area (Å²) < 4.78 is 39.2. The first-order valence-corrected chi connectivity index (χ1v) is 6.46. The van der Waals surface area contributed by atoms with Gasteiger partial charge >= 0.3 is 0 Å². The van der Waals surface area contributed by atoms with Crippen molar-refractivity contribution in [2.24, 2.45) is 0 Å². The maximum atomic E-state index is 13.1. The molecule has 0 bridgehead atoms. The molecule has 0 aliphatic heterocycles. The van der Waals surface area contributed by atoms with Crippen LogP contribution in [0.2, 0.25) is 0 Å². The summed E-state index contributed by atoms with van der Waals surface area (Å²) >= 11 is 0. The van der Waals surface area contributed by atoms with Crippen molar-refractivity contribution in [2.75, 3.05) is 0 Å². The van der Waals surface area contributed by atoms with E-state index in [-0.39, 0.29) is 11.5 Å². The summed E-state index contributed by atoms with van der Waals surface area (Å²) in [6.07, 6.45) is 0.221. The number of hydrogen-bond donors (Lipinski definition) is 1. The molecule has 104 valence electrons. The highest BCUT2D eigenvalue weighted by Gasteiger charge is 2.28. The maximum Gasteiger partial charge on any atom is 0.194 e. The molecule has 2 unspecified atom stereocenters. The quantitative estimate of drug-likeness (QED) is 0.845. The molecule has 1 aliphatic rings. The highest BCUT2D eigenvalue weighted by atomic mass is 19.2. The smallest absolute Gasteiger partial charge is 0.194 e. The molecule has 2 aromatic carbocycles. The zero-order chi connectivity index (χ0) is 14.3. The van der Waals surface area contributed by atoms with Crippen LogP contribution in [0.1, 0.15) is 35.1 Å². The highest BCUT2D eigenvalue weighted by molar-refractivity contribution is 5.40. The van der Waals surface area contributed by atoms with Crippen LogP contribution in [0.4, 0.5) is 13.2 Å². The van der Waals surface area contributed by atoms with Gasteiger partial charge in [0.05, 0.1) is 6.10 Å². The van der Waals surface area contributed by atoms with Crippen LogP contribution in [0.3, 0.4) is 0 Å². The first-order chi connectivity index (χ1) is 9.56. The van der Waals surface area contributed by atoms with Crippen molar-refractivity contribution in [1.29, 1.82) is 0 Å². The van der Waals surface area contributed by atoms with Crippen molar-refractivity contribution in [1.82, 2.24) is 0 Å². The highest BCUT2D eigenvalue weighted by Crippen LogP contribution is 2.40. The summed E-state index contributed by atoms with van der Waals surface area (Å²) in [6.45, 7) is 0. The Labute approximate surface area is 114 Å². The lowest BCUT2D eigenvalue weighted by Gasteiger charge is -2.31. The second-order valence-corrected chi connectivity index (χ2v) is 5.15. The lowest BCUT2D eigenvalue weighted by Crippen LogP contribution is -2.19. The van der Waals surface area contributed by atoms with Gasteiger partial charge in [0.1, 0.15) is 0 Å². The molecule has 0 radical (unpaired) electrons. The molecule has 4 heteroatoms. The largest absolute Gasteiger partial charge is 0.388 e. The van der Waals surface area contributed by atoms with Gasteiger partial charge in [0.2, 0.25) is 0 Å². The zero-order valence-corrected chi connectivity index (χ0v) is 10.6. The Hall–Kier alpha value is -1.81. The van der Waals surface area contributed by atoms with Crippen LogP contribution < -0.4 is 0 Å². The lowest BCUT2D eigenvalue weighted by molar-refractivity contribution is 0.152. The van der Waals surface area contributed by atoms with Crippen molar-refractivity contribution in [3.63, 3.8) is 0 Å². The Morgan fingerprint density at radius 1 is 1.10 bits per heavy atom. The first kappa shape index (κ1) is 13.2. The van der Waals surface area contributed by atoms with Gasteiger partial charge in [0.25, 0.3) is 0 Å². The van der Waals surface area contributed by atoms with Crippen LogP contribution in [0, 0.1) is 17.5 Å². The fourth-order valence-corrected chi connectivity index (χ4v) is 2.75. The van der Waals surface area contributed by atoms with E-state index in [9.17, 15) is 18.3 Å². The number of hydrogen-bond acceptors (Lipinski definition) is 1. The predicted molar refractivity (Wildman–Crippen MR) is 68.8 cm³/mol. The summed E-state index contributed by atoms with van der Waals surface area (Å²) in [7, 11) is 0. The van der Waals surface area contributed by atoms with Crippen LogP contribution >= 0.6 is 0 Å². The van der Waals surface area contributed by atoms with Crippen LogP contribution in [0.5, 0.6) is 0 Å². The summed E-state index contributed by atoms with van der Waals surface area (Å²) in [5.74, 6) is -3.87.